The first-order chi connectivity index (χ1) is 9.12. The standard InChI is InChI=1S/C14H23N3O2/c1-13(7-3-5-9-15-13)12-16-11(17-19-12)14(2)8-4-6-10-18-14/h15H,3-10H2,1-2H3. The summed E-state index contributed by atoms with van der Waals surface area (Å²) in [6.45, 7) is 6.02. The van der Waals surface area contributed by atoms with E-state index in [9.17, 15) is 0 Å². The minimum atomic E-state index is -0.370. The van der Waals surface area contributed by atoms with Gasteiger partial charge in [-0.3, -0.25) is 0 Å². The summed E-state index contributed by atoms with van der Waals surface area (Å²) in [6.07, 6.45) is 6.73. The second kappa shape index (κ2) is 4.87. The molecule has 2 saturated heterocycles. The number of ether oxygens (including phenoxy) is 1. The smallest absolute Gasteiger partial charge is 0.246 e. The van der Waals surface area contributed by atoms with Crippen LogP contribution in [0.5, 0.6) is 0 Å². The van der Waals surface area contributed by atoms with Gasteiger partial charge in [-0.2, -0.15) is 4.98 Å². The summed E-state index contributed by atoms with van der Waals surface area (Å²) in [5.74, 6) is 1.41. The van der Waals surface area contributed by atoms with Crippen LogP contribution >= 0.6 is 0 Å². The van der Waals surface area contributed by atoms with E-state index in [-0.39, 0.29) is 11.1 Å². The minimum absolute atomic E-state index is 0.172. The van der Waals surface area contributed by atoms with Crippen molar-refractivity contribution < 1.29 is 9.26 Å². The second-order valence-electron chi connectivity index (χ2n) is 6.18. The van der Waals surface area contributed by atoms with Crippen LogP contribution in [-0.4, -0.2) is 23.3 Å². The highest BCUT2D eigenvalue weighted by Crippen LogP contribution is 2.35. The van der Waals surface area contributed by atoms with Crippen molar-refractivity contribution in [2.24, 2.45) is 0 Å². The summed E-state index contributed by atoms with van der Waals surface area (Å²) < 4.78 is 11.4. The van der Waals surface area contributed by atoms with E-state index in [1.807, 2.05) is 0 Å². The minimum Gasteiger partial charge on any atom is -0.367 e. The molecule has 1 aromatic rings. The topological polar surface area (TPSA) is 60.2 Å². The third kappa shape index (κ3) is 2.41. The molecule has 2 aliphatic heterocycles. The lowest BCUT2D eigenvalue weighted by Crippen LogP contribution is -2.43. The largest absolute Gasteiger partial charge is 0.367 e. The molecule has 3 heterocycles. The monoisotopic (exact) mass is 265 g/mol. The van der Waals surface area contributed by atoms with Gasteiger partial charge in [0.2, 0.25) is 11.7 Å². The quantitative estimate of drug-likeness (QED) is 0.890. The van der Waals surface area contributed by atoms with Crippen molar-refractivity contribution in [1.82, 2.24) is 15.5 Å². The maximum atomic E-state index is 5.88. The Hall–Kier alpha value is -0.940. The Morgan fingerprint density at radius 1 is 1.11 bits per heavy atom. The molecule has 0 amide bonds. The summed E-state index contributed by atoms with van der Waals surface area (Å²) in [7, 11) is 0. The van der Waals surface area contributed by atoms with Crippen LogP contribution in [-0.2, 0) is 15.9 Å². The zero-order valence-corrected chi connectivity index (χ0v) is 11.9. The van der Waals surface area contributed by atoms with Crippen molar-refractivity contribution in [2.75, 3.05) is 13.2 Å². The van der Waals surface area contributed by atoms with Gasteiger partial charge in [-0.15, -0.1) is 0 Å². The van der Waals surface area contributed by atoms with Crippen LogP contribution in [0.1, 0.15) is 64.1 Å². The lowest BCUT2D eigenvalue weighted by Gasteiger charge is -2.32. The molecule has 0 radical (unpaired) electrons. The number of hydrogen-bond acceptors (Lipinski definition) is 5. The Balaban J connectivity index is 1.82. The van der Waals surface area contributed by atoms with Crippen molar-refractivity contribution in [2.45, 2.75) is 63.5 Å². The summed E-state index contributed by atoms with van der Waals surface area (Å²) in [4.78, 5) is 4.64. The van der Waals surface area contributed by atoms with E-state index in [1.54, 1.807) is 0 Å². The fraction of sp³-hybridized carbons (Fsp3) is 0.857. The molecule has 2 unspecified atom stereocenters. The first-order valence-electron chi connectivity index (χ1n) is 7.36. The van der Waals surface area contributed by atoms with Crippen molar-refractivity contribution >= 4 is 0 Å². The second-order valence-corrected chi connectivity index (χ2v) is 6.18. The molecule has 0 aromatic carbocycles. The molecule has 2 aliphatic rings. The molecule has 0 aliphatic carbocycles. The van der Waals surface area contributed by atoms with Crippen LogP contribution < -0.4 is 5.32 Å². The highest BCUT2D eigenvalue weighted by Gasteiger charge is 2.39. The van der Waals surface area contributed by atoms with Crippen LogP contribution in [0.4, 0.5) is 0 Å². The van der Waals surface area contributed by atoms with Crippen molar-refractivity contribution in [3.8, 4) is 0 Å². The van der Waals surface area contributed by atoms with E-state index < -0.39 is 0 Å². The average molecular weight is 265 g/mol. The maximum absolute atomic E-state index is 5.88. The van der Waals surface area contributed by atoms with E-state index in [0.717, 1.165) is 38.8 Å². The van der Waals surface area contributed by atoms with Crippen LogP contribution in [0.15, 0.2) is 4.52 Å². The lowest BCUT2D eigenvalue weighted by atomic mass is 9.90. The fourth-order valence-corrected chi connectivity index (χ4v) is 3.01. The fourth-order valence-electron chi connectivity index (χ4n) is 3.01. The predicted octanol–water partition coefficient (Wildman–Crippen LogP) is 2.47. The third-order valence-corrected chi connectivity index (χ3v) is 4.46. The van der Waals surface area contributed by atoms with Gasteiger partial charge in [-0.05, 0) is 58.9 Å². The first-order valence-corrected chi connectivity index (χ1v) is 7.36. The zero-order chi connectivity index (χ0) is 13.3. The number of nitrogens with zero attached hydrogens (tertiary/aromatic N) is 2. The van der Waals surface area contributed by atoms with E-state index in [2.05, 4.69) is 29.3 Å². The number of piperidine rings is 1. The van der Waals surface area contributed by atoms with Crippen LogP contribution in [0.3, 0.4) is 0 Å². The van der Waals surface area contributed by atoms with E-state index in [4.69, 9.17) is 9.26 Å². The molecule has 0 bridgehead atoms. The SMILES string of the molecule is CC1(c2nc(C3(C)CCCCO3)no2)CCCCN1. The van der Waals surface area contributed by atoms with E-state index >= 15 is 0 Å². The molecule has 5 nitrogen and oxygen atoms in total. The molecule has 1 aromatic heterocycles. The Bertz CT molecular complexity index is 393. The number of rotatable bonds is 2. The lowest BCUT2D eigenvalue weighted by molar-refractivity contribution is -0.0770. The molecule has 5 heteroatoms. The normalized spacial score (nSPS) is 36.3. The molecule has 2 atom stereocenters. The Morgan fingerprint density at radius 2 is 1.95 bits per heavy atom. The first kappa shape index (κ1) is 13.1. The van der Waals surface area contributed by atoms with Gasteiger partial charge >= 0.3 is 0 Å². The van der Waals surface area contributed by atoms with Crippen LogP contribution in [0.25, 0.3) is 0 Å². The van der Waals surface area contributed by atoms with Gasteiger partial charge in [0, 0.05) is 6.61 Å². The molecule has 0 spiro atoms. The molecular weight excluding hydrogens is 242 g/mol. The molecule has 19 heavy (non-hydrogen) atoms. The van der Waals surface area contributed by atoms with Gasteiger partial charge < -0.3 is 14.6 Å². The van der Waals surface area contributed by atoms with E-state index in [1.165, 1.54) is 12.8 Å². The predicted molar refractivity (Wildman–Crippen MR) is 70.7 cm³/mol. The Labute approximate surface area is 114 Å². The summed E-state index contributed by atoms with van der Waals surface area (Å²) in [6, 6.07) is 0. The van der Waals surface area contributed by atoms with Gasteiger partial charge in [0.15, 0.2) is 0 Å². The van der Waals surface area contributed by atoms with Crippen LogP contribution in [0, 0.1) is 0 Å². The summed E-state index contributed by atoms with van der Waals surface area (Å²) in [5.41, 5.74) is -0.542. The highest BCUT2D eigenvalue weighted by molar-refractivity contribution is 5.07. The zero-order valence-electron chi connectivity index (χ0n) is 11.9. The Kier molecular flexibility index (Phi) is 3.35. The van der Waals surface area contributed by atoms with E-state index in [0.29, 0.717) is 11.7 Å². The average Bonchev–Trinajstić information content (AvgIpc) is 2.91. The van der Waals surface area contributed by atoms with Crippen molar-refractivity contribution in [3.63, 3.8) is 0 Å². The van der Waals surface area contributed by atoms with Gasteiger partial charge in [-0.1, -0.05) is 5.16 Å². The molecule has 2 fully saturated rings. The number of aromatic nitrogens is 2. The third-order valence-electron chi connectivity index (χ3n) is 4.46. The van der Waals surface area contributed by atoms with Crippen molar-refractivity contribution in [1.29, 1.82) is 0 Å². The Morgan fingerprint density at radius 3 is 2.63 bits per heavy atom. The maximum Gasteiger partial charge on any atom is 0.246 e. The summed E-state index contributed by atoms with van der Waals surface area (Å²) in [5, 5.41) is 7.68. The van der Waals surface area contributed by atoms with Gasteiger partial charge in [0.25, 0.3) is 0 Å². The van der Waals surface area contributed by atoms with Gasteiger partial charge in [0.05, 0.1) is 5.54 Å². The number of hydrogen-bond donors (Lipinski definition) is 1. The van der Waals surface area contributed by atoms with Gasteiger partial charge in [-0.25, -0.2) is 0 Å². The molecular formula is C14H23N3O2. The van der Waals surface area contributed by atoms with Gasteiger partial charge in [0.1, 0.15) is 5.60 Å². The molecule has 0 saturated carbocycles. The van der Waals surface area contributed by atoms with Crippen LogP contribution in [0.2, 0.25) is 0 Å². The van der Waals surface area contributed by atoms with Crippen molar-refractivity contribution in [3.05, 3.63) is 11.7 Å². The molecule has 1 N–H and O–H groups in total. The highest BCUT2D eigenvalue weighted by atomic mass is 16.5. The molecule has 3 rings (SSSR count). The number of nitrogens with one attached hydrogen (secondary N) is 1. The molecule has 106 valence electrons. The summed E-state index contributed by atoms with van der Waals surface area (Å²) >= 11 is 0.